The van der Waals surface area contributed by atoms with Gasteiger partial charge in [-0.1, -0.05) is 12.1 Å². The Kier molecular flexibility index (Phi) is 5.87. The summed E-state index contributed by atoms with van der Waals surface area (Å²) in [6.07, 6.45) is 0. The minimum Gasteiger partial charge on any atom is -0.497 e. The summed E-state index contributed by atoms with van der Waals surface area (Å²) in [7, 11) is 1.54. The molecular formula is C22H17F2N3O4S. The summed E-state index contributed by atoms with van der Waals surface area (Å²) in [5.41, 5.74) is -0.764. The fourth-order valence-corrected chi connectivity index (χ4v) is 4.14. The van der Waals surface area contributed by atoms with Crippen LogP contribution < -0.4 is 21.3 Å². The van der Waals surface area contributed by atoms with Crippen molar-refractivity contribution in [3.05, 3.63) is 91.9 Å². The summed E-state index contributed by atoms with van der Waals surface area (Å²) in [4.78, 5) is 38.5. The normalized spacial score (nSPS) is 11.0. The van der Waals surface area contributed by atoms with Crippen LogP contribution in [0.25, 0.3) is 15.9 Å². The number of thiophene rings is 1. The number of benzene rings is 2. The van der Waals surface area contributed by atoms with E-state index in [0.717, 1.165) is 33.6 Å². The minimum atomic E-state index is -0.930. The highest BCUT2D eigenvalue weighted by molar-refractivity contribution is 7.17. The molecule has 0 atom stereocenters. The number of carbonyl (C=O) groups is 1. The van der Waals surface area contributed by atoms with Crippen molar-refractivity contribution in [3.8, 4) is 11.4 Å². The van der Waals surface area contributed by atoms with Crippen LogP contribution >= 0.6 is 11.3 Å². The molecule has 164 valence electrons. The summed E-state index contributed by atoms with van der Waals surface area (Å²) in [5.74, 6) is -1.69. The van der Waals surface area contributed by atoms with Gasteiger partial charge in [0.05, 0.1) is 18.3 Å². The number of aromatic nitrogens is 2. The van der Waals surface area contributed by atoms with Crippen molar-refractivity contribution in [1.29, 1.82) is 0 Å². The molecule has 2 aromatic heterocycles. The maximum Gasteiger partial charge on any atom is 0.336 e. The monoisotopic (exact) mass is 457 g/mol. The zero-order valence-corrected chi connectivity index (χ0v) is 17.6. The second-order valence-corrected chi connectivity index (χ2v) is 7.82. The molecule has 0 unspecified atom stereocenters. The van der Waals surface area contributed by atoms with E-state index >= 15 is 0 Å². The van der Waals surface area contributed by atoms with Gasteiger partial charge in [-0.25, -0.2) is 18.1 Å². The predicted octanol–water partition coefficient (Wildman–Crippen LogP) is 2.82. The molecule has 4 rings (SSSR count). The first kappa shape index (κ1) is 21.4. The Morgan fingerprint density at radius 3 is 2.56 bits per heavy atom. The molecule has 0 saturated carbocycles. The first-order valence-electron chi connectivity index (χ1n) is 9.46. The van der Waals surface area contributed by atoms with Gasteiger partial charge in [-0.05, 0) is 41.3 Å². The van der Waals surface area contributed by atoms with Crippen LogP contribution in [0.15, 0.2) is 63.5 Å². The van der Waals surface area contributed by atoms with Crippen molar-refractivity contribution in [2.75, 3.05) is 7.11 Å². The number of hydrogen-bond acceptors (Lipinski definition) is 5. The highest BCUT2D eigenvalue weighted by Gasteiger charge is 2.18. The fourth-order valence-electron chi connectivity index (χ4n) is 3.32. The van der Waals surface area contributed by atoms with Crippen molar-refractivity contribution in [2.45, 2.75) is 13.1 Å². The van der Waals surface area contributed by atoms with Gasteiger partial charge in [-0.3, -0.25) is 14.2 Å². The number of fused-ring (bicyclic) bond motifs is 1. The van der Waals surface area contributed by atoms with Gasteiger partial charge in [0.15, 0.2) is 0 Å². The predicted molar refractivity (Wildman–Crippen MR) is 116 cm³/mol. The topological polar surface area (TPSA) is 82.3 Å². The van der Waals surface area contributed by atoms with E-state index in [1.807, 2.05) is 6.07 Å². The van der Waals surface area contributed by atoms with E-state index in [0.29, 0.717) is 16.4 Å². The zero-order chi connectivity index (χ0) is 22.8. The average Bonchev–Trinajstić information content (AvgIpc) is 3.25. The third-order valence-corrected chi connectivity index (χ3v) is 5.68. The summed E-state index contributed by atoms with van der Waals surface area (Å²) in [6.45, 7) is -0.180. The van der Waals surface area contributed by atoms with Crippen LogP contribution in [0, 0.1) is 11.6 Å². The second-order valence-electron chi connectivity index (χ2n) is 6.90. The minimum absolute atomic E-state index is 0.190. The smallest absolute Gasteiger partial charge is 0.336 e. The lowest BCUT2D eigenvalue weighted by Gasteiger charge is -2.13. The SMILES string of the molecule is COc1cccc(CNC(=O)Cn2c(=O)n(-c3cc(F)cc(F)c3)c(=O)c3sccc32)c1. The number of nitrogens with one attached hydrogen (secondary N) is 1. The van der Waals surface area contributed by atoms with E-state index in [4.69, 9.17) is 4.74 Å². The van der Waals surface area contributed by atoms with E-state index < -0.39 is 28.8 Å². The fraction of sp³-hybridized carbons (Fsp3) is 0.136. The number of rotatable bonds is 6. The molecule has 0 fully saturated rings. The van der Waals surface area contributed by atoms with Crippen LogP contribution in [0.5, 0.6) is 5.75 Å². The molecule has 0 aliphatic rings. The number of hydrogen-bond donors (Lipinski definition) is 1. The van der Waals surface area contributed by atoms with Gasteiger partial charge >= 0.3 is 5.69 Å². The van der Waals surface area contributed by atoms with Gasteiger partial charge in [-0.15, -0.1) is 11.3 Å². The lowest BCUT2D eigenvalue weighted by atomic mass is 10.2. The van der Waals surface area contributed by atoms with Gasteiger partial charge in [0.2, 0.25) is 5.91 Å². The summed E-state index contributed by atoms with van der Waals surface area (Å²) < 4.78 is 34.6. The second kappa shape index (κ2) is 8.75. The van der Waals surface area contributed by atoms with E-state index in [9.17, 15) is 23.2 Å². The van der Waals surface area contributed by atoms with Crippen LogP contribution in [-0.4, -0.2) is 22.2 Å². The van der Waals surface area contributed by atoms with Crippen LogP contribution in [0.1, 0.15) is 5.56 Å². The lowest BCUT2D eigenvalue weighted by Crippen LogP contribution is -2.41. The number of amides is 1. The molecule has 0 bridgehead atoms. The first-order chi connectivity index (χ1) is 15.4. The number of halogens is 2. The van der Waals surface area contributed by atoms with Gasteiger partial charge in [0, 0.05) is 12.6 Å². The van der Waals surface area contributed by atoms with E-state index in [1.165, 1.54) is 7.11 Å². The molecule has 1 N–H and O–H groups in total. The molecule has 10 heteroatoms. The molecule has 0 aliphatic carbocycles. The maximum absolute atomic E-state index is 13.7. The molecule has 2 heterocycles. The van der Waals surface area contributed by atoms with E-state index in [-0.39, 0.29) is 29.0 Å². The number of methoxy groups -OCH3 is 1. The summed E-state index contributed by atoms with van der Waals surface area (Å²) >= 11 is 1.07. The molecule has 0 spiro atoms. The van der Waals surface area contributed by atoms with E-state index in [2.05, 4.69) is 5.32 Å². The quantitative estimate of drug-likeness (QED) is 0.483. The van der Waals surface area contributed by atoms with Gasteiger partial charge in [0.1, 0.15) is 28.6 Å². The van der Waals surface area contributed by atoms with Crippen molar-refractivity contribution >= 4 is 27.5 Å². The van der Waals surface area contributed by atoms with Crippen LogP contribution in [-0.2, 0) is 17.9 Å². The summed E-state index contributed by atoms with van der Waals surface area (Å²) in [6, 6.07) is 11.1. The van der Waals surface area contributed by atoms with Gasteiger partial charge in [-0.2, -0.15) is 0 Å². The van der Waals surface area contributed by atoms with Crippen LogP contribution in [0.3, 0.4) is 0 Å². The van der Waals surface area contributed by atoms with Crippen molar-refractivity contribution < 1.29 is 18.3 Å². The first-order valence-corrected chi connectivity index (χ1v) is 10.3. The Morgan fingerprint density at radius 1 is 1.09 bits per heavy atom. The van der Waals surface area contributed by atoms with E-state index in [1.54, 1.807) is 29.6 Å². The lowest BCUT2D eigenvalue weighted by molar-refractivity contribution is -0.121. The Balaban J connectivity index is 1.69. The standard InChI is InChI=1S/C22H17F2N3O4S/c1-31-17-4-2-3-13(7-17)11-25-19(28)12-26-18-5-6-32-20(18)21(29)27(22(26)30)16-9-14(23)8-15(24)10-16/h2-10H,11-12H2,1H3,(H,25,28). The van der Waals surface area contributed by atoms with Gasteiger partial charge < -0.3 is 10.1 Å². The van der Waals surface area contributed by atoms with Crippen LogP contribution in [0.4, 0.5) is 8.78 Å². The highest BCUT2D eigenvalue weighted by Crippen LogP contribution is 2.17. The molecule has 32 heavy (non-hydrogen) atoms. The van der Waals surface area contributed by atoms with Crippen molar-refractivity contribution in [2.24, 2.45) is 0 Å². The Hall–Kier alpha value is -3.79. The Morgan fingerprint density at radius 2 is 1.84 bits per heavy atom. The third kappa shape index (κ3) is 4.17. The number of nitrogens with zero attached hydrogens (tertiary/aromatic N) is 2. The maximum atomic E-state index is 13.7. The molecule has 4 aromatic rings. The van der Waals surface area contributed by atoms with Crippen LogP contribution in [0.2, 0.25) is 0 Å². The molecule has 7 nitrogen and oxygen atoms in total. The molecule has 2 aromatic carbocycles. The van der Waals surface area contributed by atoms with Crippen molar-refractivity contribution in [3.63, 3.8) is 0 Å². The zero-order valence-electron chi connectivity index (χ0n) is 16.8. The molecular weight excluding hydrogens is 440 g/mol. The number of carbonyl (C=O) groups excluding carboxylic acids is 1. The third-order valence-electron chi connectivity index (χ3n) is 4.79. The largest absolute Gasteiger partial charge is 0.497 e. The van der Waals surface area contributed by atoms with Gasteiger partial charge in [0.25, 0.3) is 5.56 Å². The Bertz CT molecular complexity index is 1420. The highest BCUT2D eigenvalue weighted by atomic mass is 32.1. The molecule has 0 saturated heterocycles. The molecule has 1 amide bonds. The summed E-state index contributed by atoms with van der Waals surface area (Å²) in [5, 5.41) is 4.32. The average molecular weight is 457 g/mol. The van der Waals surface area contributed by atoms with Crippen molar-refractivity contribution in [1.82, 2.24) is 14.5 Å². The number of ether oxygens (including phenoxy) is 1. The molecule has 0 aliphatic heterocycles. The molecule has 0 radical (unpaired) electrons. The Labute approximate surface area is 184 Å².